The van der Waals surface area contributed by atoms with Gasteiger partial charge in [0.2, 0.25) is 11.8 Å². The number of aryl methyl sites for hydroxylation is 1. The molecule has 114 valence electrons. The Morgan fingerprint density at radius 3 is 2.81 bits per heavy atom. The van der Waals surface area contributed by atoms with Crippen molar-refractivity contribution in [3.05, 3.63) is 16.1 Å². The summed E-state index contributed by atoms with van der Waals surface area (Å²) in [7, 11) is 0. The molecule has 2 aliphatic heterocycles. The van der Waals surface area contributed by atoms with Crippen LogP contribution in [-0.4, -0.2) is 45.2 Å². The highest BCUT2D eigenvalue weighted by Crippen LogP contribution is 2.29. The Morgan fingerprint density at radius 1 is 1.33 bits per heavy atom. The molecule has 3 heterocycles. The topological polar surface area (TPSA) is 53.5 Å². The monoisotopic (exact) mass is 307 g/mol. The van der Waals surface area contributed by atoms with E-state index in [0.717, 1.165) is 35.7 Å². The lowest BCUT2D eigenvalue weighted by Gasteiger charge is -2.46. The van der Waals surface area contributed by atoms with E-state index < -0.39 is 0 Å². The van der Waals surface area contributed by atoms with Crippen LogP contribution in [0, 0.1) is 6.92 Å². The van der Waals surface area contributed by atoms with Crippen LogP contribution >= 0.6 is 11.3 Å². The molecule has 0 spiro atoms. The van der Waals surface area contributed by atoms with Gasteiger partial charge in [0.15, 0.2) is 0 Å². The van der Waals surface area contributed by atoms with Gasteiger partial charge < -0.3 is 9.80 Å². The van der Waals surface area contributed by atoms with E-state index in [2.05, 4.69) is 4.98 Å². The number of rotatable bonds is 3. The number of carbonyl (C=O) groups is 2. The van der Waals surface area contributed by atoms with Crippen LogP contribution in [0.4, 0.5) is 0 Å². The molecular formula is C15H21N3O2S. The summed E-state index contributed by atoms with van der Waals surface area (Å²) in [4.78, 5) is 34.4. The molecule has 2 unspecified atom stereocenters. The molecule has 0 N–H and O–H groups in total. The van der Waals surface area contributed by atoms with Crippen molar-refractivity contribution in [3.8, 4) is 0 Å². The van der Waals surface area contributed by atoms with Crippen LogP contribution < -0.4 is 0 Å². The van der Waals surface area contributed by atoms with Gasteiger partial charge in [-0.1, -0.05) is 6.92 Å². The smallest absolute Gasteiger partial charge is 0.246 e. The van der Waals surface area contributed by atoms with E-state index in [-0.39, 0.29) is 23.9 Å². The van der Waals surface area contributed by atoms with E-state index in [1.807, 2.05) is 24.9 Å². The fraction of sp³-hybridized carbons (Fsp3) is 0.667. The fourth-order valence-corrected chi connectivity index (χ4v) is 4.15. The summed E-state index contributed by atoms with van der Waals surface area (Å²) in [6.07, 6.45) is 5.34. The largest absolute Gasteiger partial charge is 0.329 e. The van der Waals surface area contributed by atoms with Crippen LogP contribution in [0.3, 0.4) is 0 Å². The number of hydrogen-bond donors (Lipinski definition) is 0. The van der Waals surface area contributed by atoms with E-state index >= 15 is 0 Å². The molecule has 3 rings (SSSR count). The Kier molecular flexibility index (Phi) is 3.97. The number of carbonyl (C=O) groups excluding carboxylic acids is 2. The number of fused-ring (bicyclic) bond motifs is 1. The van der Waals surface area contributed by atoms with Crippen molar-refractivity contribution in [1.82, 2.24) is 14.8 Å². The van der Waals surface area contributed by atoms with Crippen LogP contribution in [0.1, 0.15) is 42.5 Å². The average molecular weight is 307 g/mol. The molecule has 6 heteroatoms. The number of thiazole rings is 1. The number of piperazine rings is 1. The maximum Gasteiger partial charge on any atom is 0.246 e. The predicted octanol–water partition coefficient (Wildman–Crippen LogP) is 1.95. The fourth-order valence-electron chi connectivity index (χ4n) is 3.35. The standard InChI is InChI=1S/C15H21N3O2S/c1-3-12-14(19)17-7-5-4-6-13(17)15(20)18(12)9-11-8-16-10(2)21-11/h8,12-13H,3-7,9H2,1-2H3. The molecule has 1 aromatic rings. The van der Waals surface area contributed by atoms with E-state index in [9.17, 15) is 9.59 Å². The van der Waals surface area contributed by atoms with E-state index in [4.69, 9.17) is 0 Å². The highest BCUT2D eigenvalue weighted by Gasteiger charge is 2.45. The van der Waals surface area contributed by atoms with Gasteiger partial charge in [-0.3, -0.25) is 9.59 Å². The normalized spacial score (nSPS) is 26.2. The minimum Gasteiger partial charge on any atom is -0.329 e. The number of nitrogens with zero attached hydrogens (tertiary/aromatic N) is 3. The first kappa shape index (κ1) is 14.5. The van der Waals surface area contributed by atoms with Gasteiger partial charge in [0, 0.05) is 17.6 Å². The number of hydrogen-bond acceptors (Lipinski definition) is 4. The SMILES string of the molecule is CCC1C(=O)N2CCCCC2C(=O)N1Cc1cnc(C)s1. The molecule has 1 aromatic heterocycles. The van der Waals surface area contributed by atoms with Crippen LogP contribution in [0.15, 0.2) is 6.20 Å². The van der Waals surface area contributed by atoms with Crippen molar-refractivity contribution in [2.75, 3.05) is 6.54 Å². The first-order chi connectivity index (χ1) is 10.1. The van der Waals surface area contributed by atoms with Crippen molar-refractivity contribution < 1.29 is 9.59 Å². The summed E-state index contributed by atoms with van der Waals surface area (Å²) in [6, 6.07) is -0.544. The van der Waals surface area contributed by atoms with Gasteiger partial charge in [0.05, 0.1) is 11.6 Å². The van der Waals surface area contributed by atoms with Crippen molar-refractivity contribution in [3.63, 3.8) is 0 Å². The highest BCUT2D eigenvalue weighted by molar-refractivity contribution is 7.11. The molecule has 21 heavy (non-hydrogen) atoms. The van der Waals surface area contributed by atoms with Gasteiger partial charge in [-0.05, 0) is 32.6 Å². The summed E-state index contributed by atoms with van der Waals surface area (Å²) in [5, 5.41) is 0.994. The second-order valence-electron chi connectivity index (χ2n) is 5.78. The van der Waals surface area contributed by atoms with Crippen LogP contribution in [0.5, 0.6) is 0 Å². The molecule has 2 aliphatic rings. The third kappa shape index (κ3) is 2.57. The average Bonchev–Trinajstić information content (AvgIpc) is 2.90. The molecular weight excluding hydrogens is 286 g/mol. The molecule has 5 nitrogen and oxygen atoms in total. The third-order valence-electron chi connectivity index (χ3n) is 4.40. The van der Waals surface area contributed by atoms with Crippen LogP contribution in [-0.2, 0) is 16.1 Å². The van der Waals surface area contributed by atoms with Crippen LogP contribution in [0.2, 0.25) is 0 Å². The lowest BCUT2D eigenvalue weighted by molar-refractivity contribution is -0.164. The number of aromatic nitrogens is 1. The summed E-state index contributed by atoms with van der Waals surface area (Å²) >= 11 is 1.60. The molecule has 0 aliphatic carbocycles. The summed E-state index contributed by atoms with van der Waals surface area (Å²) < 4.78 is 0. The number of piperidine rings is 1. The minimum absolute atomic E-state index is 0.118. The van der Waals surface area contributed by atoms with Crippen molar-refractivity contribution in [2.24, 2.45) is 0 Å². The van der Waals surface area contributed by atoms with Gasteiger partial charge in [-0.25, -0.2) is 4.98 Å². The van der Waals surface area contributed by atoms with E-state index in [1.165, 1.54) is 0 Å². The second-order valence-corrected chi connectivity index (χ2v) is 7.10. The zero-order chi connectivity index (χ0) is 15.0. The highest BCUT2D eigenvalue weighted by atomic mass is 32.1. The summed E-state index contributed by atoms with van der Waals surface area (Å²) in [5.41, 5.74) is 0. The zero-order valence-electron chi connectivity index (χ0n) is 12.5. The Hall–Kier alpha value is -1.43. The Bertz CT molecular complexity index is 557. The van der Waals surface area contributed by atoms with Gasteiger partial charge in [-0.15, -0.1) is 11.3 Å². The van der Waals surface area contributed by atoms with Gasteiger partial charge in [0.1, 0.15) is 12.1 Å². The van der Waals surface area contributed by atoms with Crippen LogP contribution in [0.25, 0.3) is 0 Å². The molecule has 0 bridgehead atoms. The molecule has 0 radical (unpaired) electrons. The van der Waals surface area contributed by atoms with Gasteiger partial charge in [0.25, 0.3) is 0 Å². The van der Waals surface area contributed by atoms with Crippen molar-refractivity contribution >= 4 is 23.2 Å². The zero-order valence-corrected chi connectivity index (χ0v) is 13.4. The van der Waals surface area contributed by atoms with Gasteiger partial charge in [-0.2, -0.15) is 0 Å². The lowest BCUT2D eigenvalue weighted by atomic mass is 9.94. The molecule has 2 amide bonds. The third-order valence-corrected chi connectivity index (χ3v) is 5.29. The van der Waals surface area contributed by atoms with E-state index in [1.54, 1.807) is 16.2 Å². The quantitative estimate of drug-likeness (QED) is 0.857. The molecule has 0 saturated carbocycles. The summed E-state index contributed by atoms with van der Waals surface area (Å²) in [5.74, 6) is 0.246. The van der Waals surface area contributed by atoms with Gasteiger partial charge >= 0.3 is 0 Å². The van der Waals surface area contributed by atoms with E-state index in [0.29, 0.717) is 13.0 Å². The molecule has 2 saturated heterocycles. The molecule has 2 fully saturated rings. The maximum atomic E-state index is 12.8. The Labute approximate surface area is 129 Å². The molecule has 0 aromatic carbocycles. The second kappa shape index (κ2) is 5.75. The molecule has 2 atom stereocenters. The Balaban J connectivity index is 1.86. The first-order valence-corrected chi connectivity index (χ1v) is 8.45. The summed E-state index contributed by atoms with van der Waals surface area (Å²) in [6.45, 7) is 5.18. The van der Waals surface area contributed by atoms with Crippen molar-refractivity contribution in [2.45, 2.75) is 58.2 Å². The minimum atomic E-state index is -0.311. The van der Waals surface area contributed by atoms with Crippen molar-refractivity contribution in [1.29, 1.82) is 0 Å². The maximum absolute atomic E-state index is 12.8. The predicted molar refractivity (Wildman–Crippen MR) is 80.8 cm³/mol. The first-order valence-electron chi connectivity index (χ1n) is 7.64. The lowest BCUT2D eigenvalue weighted by Crippen LogP contribution is -2.65. The Morgan fingerprint density at radius 2 is 2.14 bits per heavy atom. The number of amides is 2.